The fourth-order valence-corrected chi connectivity index (χ4v) is 7.06. The van der Waals surface area contributed by atoms with E-state index in [-0.39, 0.29) is 18.5 Å². The van der Waals surface area contributed by atoms with Crippen LogP contribution >= 0.6 is 22.9 Å². The van der Waals surface area contributed by atoms with Crippen molar-refractivity contribution in [3.8, 4) is 0 Å². The molecule has 0 aliphatic carbocycles. The van der Waals surface area contributed by atoms with Gasteiger partial charge in [0.05, 0.1) is 9.77 Å². The molecule has 0 N–H and O–H groups in total. The van der Waals surface area contributed by atoms with Crippen molar-refractivity contribution >= 4 is 42.6 Å². The molecule has 2 aromatic rings. The van der Waals surface area contributed by atoms with Gasteiger partial charge in [0.2, 0.25) is 9.84 Å². The summed E-state index contributed by atoms with van der Waals surface area (Å²) < 4.78 is 49.0. The molecule has 2 aromatic heterocycles. The van der Waals surface area contributed by atoms with E-state index in [9.17, 15) is 16.8 Å². The molecule has 23 heavy (non-hydrogen) atoms. The fraction of sp³-hybridized carbons (Fsp3) is 0.357. The summed E-state index contributed by atoms with van der Waals surface area (Å²) in [5, 5.41) is -0.259. The van der Waals surface area contributed by atoms with Gasteiger partial charge in [-0.05, 0) is 51.5 Å². The van der Waals surface area contributed by atoms with Crippen LogP contribution in [0.15, 0.2) is 37.8 Å². The van der Waals surface area contributed by atoms with Crippen LogP contribution in [-0.4, -0.2) is 26.6 Å². The summed E-state index contributed by atoms with van der Waals surface area (Å²) in [6.45, 7) is 6.44. The van der Waals surface area contributed by atoms with E-state index < -0.39 is 24.4 Å². The van der Waals surface area contributed by atoms with Crippen molar-refractivity contribution in [2.24, 2.45) is 0 Å². The number of hydrogen-bond donors (Lipinski definition) is 0. The molecule has 0 radical (unpaired) electrons. The van der Waals surface area contributed by atoms with Crippen LogP contribution < -0.4 is 0 Å². The monoisotopic (exact) mass is 393 g/mol. The van der Waals surface area contributed by atoms with Crippen LogP contribution in [0.3, 0.4) is 0 Å². The highest BCUT2D eigenvalue weighted by Gasteiger charge is 2.34. The predicted molar refractivity (Wildman–Crippen MR) is 90.7 cm³/mol. The smallest absolute Gasteiger partial charge is 0.234 e. The highest BCUT2D eigenvalue weighted by Crippen LogP contribution is 2.35. The standard InChI is InChI=1S/C14H16ClNO4S3/c1-9-7-10(15)13(16-8-9)22(17,18)11-5-6-12(21-11)23(19,20)14(2,3)4/h5-8H,1-4H3. The van der Waals surface area contributed by atoms with Gasteiger partial charge in [0.1, 0.15) is 8.42 Å². The van der Waals surface area contributed by atoms with Gasteiger partial charge in [-0.3, -0.25) is 0 Å². The van der Waals surface area contributed by atoms with Crippen LogP contribution in [0.25, 0.3) is 0 Å². The first-order valence-electron chi connectivity index (χ1n) is 6.59. The minimum absolute atomic E-state index is 0.00630. The maximum Gasteiger partial charge on any atom is 0.234 e. The Morgan fingerprint density at radius 2 is 1.65 bits per heavy atom. The van der Waals surface area contributed by atoms with Gasteiger partial charge in [-0.1, -0.05) is 11.6 Å². The van der Waals surface area contributed by atoms with Crippen molar-refractivity contribution in [3.05, 3.63) is 35.0 Å². The summed E-state index contributed by atoms with van der Waals surface area (Å²) in [7, 11) is -7.57. The van der Waals surface area contributed by atoms with Gasteiger partial charge in [-0.15, -0.1) is 11.3 Å². The van der Waals surface area contributed by atoms with Crippen molar-refractivity contribution < 1.29 is 16.8 Å². The number of thiophene rings is 1. The van der Waals surface area contributed by atoms with Gasteiger partial charge in [0.25, 0.3) is 0 Å². The summed E-state index contributed by atoms with van der Waals surface area (Å²) in [5.74, 6) is 0. The number of nitrogens with zero attached hydrogens (tertiary/aromatic N) is 1. The van der Waals surface area contributed by atoms with Crippen molar-refractivity contribution in [3.63, 3.8) is 0 Å². The summed E-state index contributed by atoms with van der Waals surface area (Å²) in [5.41, 5.74) is 0.733. The van der Waals surface area contributed by atoms with E-state index in [0.29, 0.717) is 11.3 Å². The van der Waals surface area contributed by atoms with E-state index in [0.717, 1.165) is 5.56 Å². The largest absolute Gasteiger partial charge is 0.243 e. The maximum atomic E-state index is 12.6. The first kappa shape index (κ1) is 18.4. The zero-order chi connectivity index (χ0) is 17.6. The highest BCUT2D eigenvalue weighted by atomic mass is 35.5. The minimum atomic E-state index is -3.96. The van der Waals surface area contributed by atoms with Gasteiger partial charge in [-0.25, -0.2) is 21.8 Å². The average molecular weight is 394 g/mol. The van der Waals surface area contributed by atoms with Crippen molar-refractivity contribution in [2.45, 2.75) is 45.9 Å². The van der Waals surface area contributed by atoms with Crippen LogP contribution in [0.1, 0.15) is 26.3 Å². The molecule has 5 nitrogen and oxygen atoms in total. The van der Waals surface area contributed by atoms with Crippen LogP contribution in [-0.2, 0) is 19.7 Å². The second-order valence-corrected chi connectivity index (χ2v) is 12.5. The van der Waals surface area contributed by atoms with Gasteiger partial charge in [0, 0.05) is 6.20 Å². The molecule has 0 bridgehead atoms. The summed E-state index contributed by atoms with van der Waals surface area (Å²) in [6.07, 6.45) is 1.40. The second-order valence-electron chi connectivity index (χ2n) is 5.99. The fourth-order valence-electron chi connectivity index (χ4n) is 1.71. The molecule has 0 saturated carbocycles. The summed E-state index contributed by atoms with van der Waals surface area (Å²) in [6, 6.07) is 4.08. The molecular formula is C14H16ClNO4S3. The zero-order valence-corrected chi connectivity index (χ0v) is 16.2. The molecule has 0 aromatic carbocycles. The SMILES string of the molecule is Cc1cnc(S(=O)(=O)c2ccc(S(=O)(=O)C(C)(C)C)s2)c(Cl)c1. The molecule has 0 amide bonds. The molecule has 2 rings (SSSR count). The van der Waals surface area contributed by atoms with Crippen LogP contribution in [0, 0.1) is 6.92 Å². The second kappa shape index (κ2) is 5.84. The van der Waals surface area contributed by atoms with Crippen LogP contribution in [0.5, 0.6) is 0 Å². The Balaban J connectivity index is 2.56. The van der Waals surface area contributed by atoms with Gasteiger partial charge in [-0.2, -0.15) is 0 Å². The number of aromatic nitrogens is 1. The first-order valence-corrected chi connectivity index (χ1v) is 10.7. The number of hydrogen-bond acceptors (Lipinski definition) is 6. The lowest BCUT2D eigenvalue weighted by Crippen LogP contribution is -2.27. The molecule has 0 atom stereocenters. The quantitative estimate of drug-likeness (QED) is 0.796. The number of pyridine rings is 1. The molecular weight excluding hydrogens is 378 g/mol. The van der Waals surface area contributed by atoms with Crippen molar-refractivity contribution in [2.75, 3.05) is 0 Å². The number of halogens is 1. The Morgan fingerprint density at radius 3 is 2.17 bits per heavy atom. The molecule has 0 aliphatic heterocycles. The predicted octanol–water partition coefficient (Wildman–Crippen LogP) is 3.51. The number of aryl methyl sites for hydroxylation is 1. The number of rotatable bonds is 3. The lowest BCUT2D eigenvalue weighted by Gasteiger charge is -2.17. The van der Waals surface area contributed by atoms with E-state index >= 15 is 0 Å². The van der Waals surface area contributed by atoms with Crippen LogP contribution in [0.2, 0.25) is 5.02 Å². The maximum absolute atomic E-state index is 12.6. The first-order chi connectivity index (χ1) is 10.4. The van der Waals surface area contributed by atoms with Gasteiger partial charge >= 0.3 is 0 Å². The van der Waals surface area contributed by atoms with Crippen molar-refractivity contribution in [1.82, 2.24) is 4.98 Å². The van der Waals surface area contributed by atoms with Gasteiger partial charge < -0.3 is 0 Å². The van der Waals surface area contributed by atoms with E-state index in [1.165, 1.54) is 24.4 Å². The Labute approximate surface area is 145 Å². The third-order valence-corrected chi connectivity index (χ3v) is 9.76. The molecule has 2 heterocycles. The molecule has 0 spiro atoms. The molecule has 0 fully saturated rings. The molecule has 0 saturated heterocycles. The minimum Gasteiger partial charge on any atom is -0.243 e. The Kier molecular flexibility index (Phi) is 4.67. The van der Waals surface area contributed by atoms with E-state index in [4.69, 9.17) is 11.6 Å². The third-order valence-electron chi connectivity index (χ3n) is 3.09. The topological polar surface area (TPSA) is 81.2 Å². The summed E-state index contributed by atoms with van der Waals surface area (Å²) >= 11 is 6.68. The highest BCUT2D eigenvalue weighted by molar-refractivity contribution is 7.96. The average Bonchev–Trinajstić information content (AvgIpc) is 2.87. The third kappa shape index (κ3) is 3.31. The zero-order valence-electron chi connectivity index (χ0n) is 13.0. The van der Waals surface area contributed by atoms with Crippen LogP contribution in [0.4, 0.5) is 0 Å². The van der Waals surface area contributed by atoms with E-state index in [1.54, 1.807) is 27.7 Å². The number of sulfone groups is 2. The molecule has 0 unspecified atom stereocenters. The summed E-state index contributed by atoms with van der Waals surface area (Å²) in [4.78, 5) is 3.88. The van der Waals surface area contributed by atoms with E-state index in [1.807, 2.05) is 0 Å². The van der Waals surface area contributed by atoms with Gasteiger partial charge in [0.15, 0.2) is 14.9 Å². The van der Waals surface area contributed by atoms with Crippen molar-refractivity contribution in [1.29, 1.82) is 0 Å². The lowest BCUT2D eigenvalue weighted by molar-refractivity contribution is 0.562. The normalized spacial score (nSPS) is 13.3. The molecule has 9 heteroatoms. The Hall–Kier alpha value is -0.960. The Bertz CT molecular complexity index is 954. The molecule has 126 valence electrons. The van der Waals surface area contributed by atoms with E-state index in [2.05, 4.69) is 4.98 Å². The lowest BCUT2D eigenvalue weighted by atomic mass is 10.3. The Morgan fingerprint density at radius 1 is 1.09 bits per heavy atom. The molecule has 0 aliphatic rings.